The number of benzene rings is 1. The average molecular weight is 347 g/mol. The third-order valence-electron chi connectivity index (χ3n) is 2.68. The van der Waals surface area contributed by atoms with E-state index >= 15 is 0 Å². The Hall–Kier alpha value is -0.550. The van der Waals surface area contributed by atoms with Crippen molar-refractivity contribution in [2.24, 2.45) is 0 Å². The SMILES string of the molecule is CNC(c1ccc(OC)c(Br)c1)c1ccc(Cl)s1. The fourth-order valence-electron chi connectivity index (χ4n) is 1.82. The summed E-state index contributed by atoms with van der Waals surface area (Å²) >= 11 is 11.1. The van der Waals surface area contributed by atoms with Crippen molar-refractivity contribution in [3.05, 3.63) is 49.6 Å². The summed E-state index contributed by atoms with van der Waals surface area (Å²) in [7, 11) is 3.60. The third kappa shape index (κ3) is 2.88. The van der Waals surface area contributed by atoms with Crippen LogP contribution in [0.15, 0.2) is 34.8 Å². The first-order chi connectivity index (χ1) is 8.65. The molecule has 1 unspecified atom stereocenters. The van der Waals surface area contributed by atoms with E-state index in [1.54, 1.807) is 18.4 Å². The first-order valence-electron chi connectivity index (χ1n) is 5.41. The minimum absolute atomic E-state index is 0.143. The quantitative estimate of drug-likeness (QED) is 0.881. The second-order valence-electron chi connectivity index (χ2n) is 3.76. The zero-order valence-corrected chi connectivity index (χ0v) is 13.2. The van der Waals surface area contributed by atoms with Gasteiger partial charge < -0.3 is 10.1 Å². The van der Waals surface area contributed by atoms with Crippen LogP contribution in [0.5, 0.6) is 5.75 Å². The fourth-order valence-corrected chi connectivity index (χ4v) is 3.58. The van der Waals surface area contributed by atoms with E-state index in [0.29, 0.717) is 0 Å². The number of nitrogens with one attached hydrogen (secondary N) is 1. The Morgan fingerprint density at radius 1 is 1.33 bits per heavy atom. The van der Waals surface area contributed by atoms with Crippen LogP contribution >= 0.6 is 38.9 Å². The summed E-state index contributed by atoms with van der Waals surface area (Å²) in [6.45, 7) is 0. The van der Waals surface area contributed by atoms with Gasteiger partial charge in [-0.2, -0.15) is 0 Å². The van der Waals surface area contributed by atoms with E-state index in [2.05, 4.69) is 33.4 Å². The highest BCUT2D eigenvalue weighted by Crippen LogP contribution is 2.34. The van der Waals surface area contributed by atoms with E-state index in [0.717, 1.165) is 14.6 Å². The summed E-state index contributed by atoms with van der Waals surface area (Å²) in [6.07, 6.45) is 0. The molecule has 96 valence electrons. The molecule has 2 aromatic rings. The maximum atomic E-state index is 5.99. The Morgan fingerprint density at radius 3 is 2.61 bits per heavy atom. The van der Waals surface area contributed by atoms with Crippen LogP contribution in [0.25, 0.3) is 0 Å². The van der Waals surface area contributed by atoms with Gasteiger partial charge in [-0.25, -0.2) is 0 Å². The standard InChI is InChI=1S/C13H13BrClNOS/c1-16-13(11-5-6-12(15)18-11)8-3-4-10(17-2)9(14)7-8/h3-7,13,16H,1-2H3. The van der Waals surface area contributed by atoms with Gasteiger partial charge in [0.25, 0.3) is 0 Å². The van der Waals surface area contributed by atoms with Gasteiger partial charge in [0, 0.05) is 4.88 Å². The minimum atomic E-state index is 0.143. The smallest absolute Gasteiger partial charge is 0.133 e. The van der Waals surface area contributed by atoms with Gasteiger partial charge in [0.1, 0.15) is 5.75 Å². The highest BCUT2D eigenvalue weighted by atomic mass is 79.9. The van der Waals surface area contributed by atoms with Crippen LogP contribution in [0.1, 0.15) is 16.5 Å². The van der Waals surface area contributed by atoms with E-state index < -0.39 is 0 Å². The molecule has 0 bridgehead atoms. The molecule has 1 aromatic heterocycles. The first kappa shape index (κ1) is 13.9. The lowest BCUT2D eigenvalue weighted by Crippen LogP contribution is -2.16. The fraction of sp³-hybridized carbons (Fsp3) is 0.231. The zero-order chi connectivity index (χ0) is 13.1. The molecular formula is C13H13BrClNOS. The van der Waals surface area contributed by atoms with Gasteiger partial charge in [0.15, 0.2) is 0 Å². The molecule has 0 spiro atoms. The van der Waals surface area contributed by atoms with E-state index in [1.807, 2.05) is 25.2 Å². The van der Waals surface area contributed by atoms with Crippen molar-refractivity contribution < 1.29 is 4.74 Å². The summed E-state index contributed by atoms with van der Waals surface area (Å²) in [5.74, 6) is 0.831. The van der Waals surface area contributed by atoms with Gasteiger partial charge >= 0.3 is 0 Å². The molecule has 0 amide bonds. The molecule has 1 heterocycles. The molecule has 0 radical (unpaired) electrons. The Balaban J connectivity index is 2.36. The number of methoxy groups -OCH3 is 1. The molecule has 0 saturated heterocycles. The van der Waals surface area contributed by atoms with E-state index in [9.17, 15) is 0 Å². The number of hydrogen-bond acceptors (Lipinski definition) is 3. The molecule has 1 atom stereocenters. The van der Waals surface area contributed by atoms with Crippen LogP contribution < -0.4 is 10.1 Å². The highest BCUT2D eigenvalue weighted by molar-refractivity contribution is 9.10. The topological polar surface area (TPSA) is 21.3 Å². The maximum absolute atomic E-state index is 5.99. The molecular weight excluding hydrogens is 334 g/mol. The van der Waals surface area contributed by atoms with Gasteiger partial charge in [0.2, 0.25) is 0 Å². The van der Waals surface area contributed by atoms with Crippen LogP contribution in [-0.4, -0.2) is 14.2 Å². The van der Waals surface area contributed by atoms with Gasteiger partial charge in [-0.05, 0) is 52.8 Å². The van der Waals surface area contributed by atoms with Crippen molar-refractivity contribution in [2.45, 2.75) is 6.04 Å². The molecule has 18 heavy (non-hydrogen) atoms. The van der Waals surface area contributed by atoms with E-state index in [1.165, 1.54) is 10.4 Å². The first-order valence-corrected chi connectivity index (χ1v) is 7.40. The molecule has 0 aliphatic rings. The Kier molecular flexibility index (Phi) is 4.67. The van der Waals surface area contributed by atoms with Gasteiger partial charge in [0.05, 0.1) is 22.0 Å². The Bertz CT molecular complexity index is 544. The van der Waals surface area contributed by atoms with Crippen molar-refractivity contribution in [1.82, 2.24) is 5.32 Å². The summed E-state index contributed by atoms with van der Waals surface area (Å²) in [6, 6.07) is 10.2. The normalized spacial score (nSPS) is 12.4. The Morgan fingerprint density at radius 2 is 2.11 bits per heavy atom. The lowest BCUT2D eigenvalue weighted by molar-refractivity contribution is 0.412. The predicted octanol–water partition coefficient (Wildman–Crippen LogP) is 4.48. The molecule has 0 fully saturated rings. The van der Waals surface area contributed by atoms with Crippen LogP contribution in [0.4, 0.5) is 0 Å². The van der Waals surface area contributed by atoms with Crippen LogP contribution in [0, 0.1) is 0 Å². The minimum Gasteiger partial charge on any atom is -0.496 e. The maximum Gasteiger partial charge on any atom is 0.133 e. The molecule has 5 heteroatoms. The second kappa shape index (κ2) is 6.06. The largest absolute Gasteiger partial charge is 0.496 e. The van der Waals surface area contributed by atoms with Crippen LogP contribution in [0.3, 0.4) is 0 Å². The van der Waals surface area contributed by atoms with Crippen molar-refractivity contribution >= 4 is 38.9 Å². The molecule has 2 rings (SSSR count). The summed E-state index contributed by atoms with van der Waals surface area (Å²) in [5.41, 5.74) is 1.17. The third-order valence-corrected chi connectivity index (χ3v) is 4.59. The number of thiophene rings is 1. The molecule has 0 aliphatic heterocycles. The van der Waals surface area contributed by atoms with Gasteiger partial charge in [-0.1, -0.05) is 17.7 Å². The van der Waals surface area contributed by atoms with Gasteiger partial charge in [-0.3, -0.25) is 0 Å². The lowest BCUT2D eigenvalue weighted by atomic mass is 10.1. The lowest BCUT2D eigenvalue weighted by Gasteiger charge is -2.16. The average Bonchev–Trinajstić information content (AvgIpc) is 2.77. The number of halogens is 2. The number of rotatable bonds is 4. The van der Waals surface area contributed by atoms with Crippen molar-refractivity contribution in [3.63, 3.8) is 0 Å². The highest BCUT2D eigenvalue weighted by Gasteiger charge is 2.15. The molecule has 0 saturated carbocycles. The molecule has 1 aromatic carbocycles. The monoisotopic (exact) mass is 345 g/mol. The molecule has 1 N–H and O–H groups in total. The van der Waals surface area contributed by atoms with Gasteiger partial charge in [-0.15, -0.1) is 11.3 Å². The second-order valence-corrected chi connectivity index (χ2v) is 6.36. The summed E-state index contributed by atoms with van der Waals surface area (Å²) < 4.78 is 6.99. The number of ether oxygens (including phenoxy) is 1. The zero-order valence-electron chi connectivity index (χ0n) is 10.0. The summed E-state index contributed by atoms with van der Waals surface area (Å²) in [4.78, 5) is 1.19. The molecule has 2 nitrogen and oxygen atoms in total. The van der Waals surface area contributed by atoms with E-state index in [4.69, 9.17) is 16.3 Å². The van der Waals surface area contributed by atoms with Crippen molar-refractivity contribution in [1.29, 1.82) is 0 Å². The number of hydrogen-bond donors (Lipinski definition) is 1. The molecule has 0 aliphatic carbocycles. The van der Waals surface area contributed by atoms with Crippen molar-refractivity contribution in [3.8, 4) is 5.75 Å². The van der Waals surface area contributed by atoms with Crippen LogP contribution in [-0.2, 0) is 0 Å². The van der Waals surface area contributed by atoms with E-state index in [-0.39, 0.29) is 6.04 Å². The predicted molar refractivity (Wildman–Crippen MR) is 80.9 cm³/mol. The summed E-state index contributed by atoms with van der Waals surface area (Å²) in [5, 5.41) is 3.30. The Labute approximate surface area is 124 Å². The van der Waals surface area contributed by atoms with Crippen LogP contribution in [0.2, 0.25) is 4.34 Å². The van der Waals surface area contributed by atoms with Crippen molar-refractivity contribution in [2.75, 3.05) is 14.2 Å².